The van der Waals surface area contributed by atoms with Crippen LogP contribution < -0.4 is 10.6 Å². The Morgan fingerprint density at radius 3 is 2.57 bits per heavy atom. The van der Waals surface area contributed by atoms with Crippen LogP contribution in [0, 0.1) is 0 Å². The molecule has 0 amide bonds. The first-order valence-corrected chi connectivity index (χ1v) is 7.77. The minimum atomic E-state index is -2.23. The summed E-state index contributed by atoms with van der Waals surface area (Å²) in [5.74, 6) is -2.77. The Morgan fingerprint density at radius 1 is 1.26 bits per heavy atom. The van der Waals surface area contributed by atoms with Gasteiger partial charge in [0.05, 0.1) is 18.2 Å². The van der Waals surface area contributed by atoms with E-state index in [-0.39, 0.29) is 12.8 Å². The van der Waals surface area contributed by atoms with Gasteiger partial charge in [-0.2, -0.15) is 0 Å². The smallest absolute Gasteiger partial charge is 0.280 e. The van der Waals surface area contributed by atoms with Gasteiger partial charge in [0, 0.05) is 12.8 Å². The van der Waals surface area contributed by atoms with Crippen LogP contribution in [0.15, 0.2) is 0 Å². The van der Waals surface area contributed by atoms with Gasteiger partial charge in [0.15, 0.2) is 11.5 Å². The number of rotatable bonds is 2. The summed E-state index contributed by atoms with van der Waals surface area (Å²) >= 11 is 0. The summed E-state index contributed by atoms with van der Waals surface area (Å²) in [6, 6.07) is -0.662. The van der Waals surface area contributed by atoms with Gasteiger partial charge in [-0.15, -0.1) is 0 Å². The van der Waals surface area contributed by atoms with Crippen LogP contribution in [-0.4, -0.2) is 83.5 Å². The fourth-order valence-electron chi connectivity index (χ4n) is 3.72. The minimum Gasteiger partial charge on any atom is -0.391 e. The van der Waals surface area contributed by atoms with Crippen molar-refractivity contribution in [3.05, 3.63) is 0 Å². The molecule has 3 rings (SSSR count). The van der Waals surface area contributed by atoms with E-state index in [2.05, 4.69) is 10.6 Å². The molecule has 0 bridgehead atoms. The van der Waals surface area contributed by atoms with E-state index in [1.807, 2.05) is 0 Å². The number of carbonyl (C=O) groups is 1. The molecular formula is C14H24N2O7. The van der Waals surface area contributed by atoms with Crippen molar-refractivity contribution in [3.8, 4) is 0 Å². The number of carbonyl (C=O) groups excluding carboxylic acids is 1. The van der Waals surface area contributed by atoms with Crippen molar-refractivity contribution in [1.82, 2.24) is 10.6 Å². The van der Waals surface area contributed by atoms with Gasteiger partial charge < -0.3 is 34.8 Å². The quantitative estimate of drug-likeness (QED) is 0.370. The summed E-state index contributed by atoms with van der Waals surface area (Å²) in [7, 11) is 3.19. The average molecular weight is 332 g/mol. The number of aliphatic hydroxyl groups is 3. The van der Waals surface area contributed by atoms with Gasteiger partial charge in [-0.05, 0) is 21.0 Å². The van der Waals surface area contributed by atoms with E-state index in [0.717, 1.165) is 0 Å². The molecule has 3 fully saturated rings. The summed E-state index contributed by atoms with van der Waals surface area (Å²) in [4.78, 5) is 12.2. The number of likely N-dealkylation sites (N-methyl/N-ethyl adjacent to an activating group) is 2. The molecule has 0 unspecified atom stereocenters. The van der Waals surface area contributed by atoms with Crippen molar-refractivity contribution in [2.75, 3.05) is 14.1 Å². The Bertz CT molecular complexity index is 492. The predicted molar refractivity (Wildman–Crippen MR) is 76.1 cm³/mol. The lowest BCUT2D eigenvalue weighted by molar-refractivity contribution is -0.448. The van der Waals surface area contributed by atoms with Crippen LogP contribution in [0.2, 0.25) is 0 Å². The molecule has 8 atom stereocenters. The molecule has 0 radical (unpaired) electrons. The Kier molecular flexibility index (Phi) is 4.27. The largest absolute Gasteiger partial charge is 0.391 e. The molecule has 9 heteroatoms. The van der Waals surface area contributed by atoms with Gasteiger partial charge in [-0.1, -0.05) is 0 Å². The number of hydrogen-bond donors (Lipinski definition) is 5. The van der Waals surface area contributed by atoms with Crippen molar-refractivity contribution >= 4 is 5.78 Å². The molecule has 2 aliphatic heterocycles. The molecule has 0 spiro atoms. The van der Waals surface area contributed by atoms with Gasteiger partial charge in [0.25, 0.3) is 5.79 Å². The molecule has 2 saturated heterocycles. The van der Waals surface area contributed by atoms with Crippen LogP contribution in [0.4, 0.5) is 0 Å². The number of aliphatic hydroxyl groups excluding tert-OH is 2. The Balaban J connectivity index is 1.97. The van der Waals surface area contributed by atoms with E-state index in [1.165, 1.54) is 0 Å². The van der Waals surface area contributed by atoms with Crippen molar-refractivity contribution in [2.24, 2.45) is 0 Å². The molecule has 132 valence electrons. The van der Waals surface area contributed by atoms with Gasteiger partial charge in [0.2, 0.25) is 6.29 Å². The maximum atomic E-state index is 12.2. The lowest BCUT2D eigenvalue weighted by Gasteiger charge is -2.58. The molecular weight excluding hydrogens is 308 g/mol. The van der Waals surface area contributed by atoms with E-state index in [4.69, 9.17) is 14.2 Å². The zero-order valence-corrected chi connectivity index (χ0v) is 13.4. The highest BCUT2D eigenvalue weighted by Crippen LogP contribution is 2.44. The van der Waals surface area contributed by atoms with Crippen LogP contribution >= 0.6 is 0 Å². The average Bonchev–Trinajstić information content (AvgIpc) is 2.48. The van der Waals surface area contributed by atoms with Gasteiger partial charge in [0.1, 0.15) is 12.2 Å². The SMILES string of the molecule is CN[C@@H]1[C@@H](O)C[C@H]2O[C@@]3(O)C(=O)C[C@@H](C)O[C@H]3O[C@]2(NC)[C@H]1O. The van der Waals surface area contributed by atoms with Gasteiger partial charge >= 0.3 is 0 Å². The molecule has 9 nitrogen and oxygen atoms in total. The molecule has 1 saturated carbocycles. The lowest BCUT2D eigenvalue weighted by atomic mass is 9.79. The second-order valence-corrected chi connectivity index (χ2v) is 6.43. The molecule has 0 aromatic rings. The first kappa shape index (κ1) is 17.2. The van der Waals surface area contributed by atoms with Crippen LogP contribution in [0.3, 0.4) is 0 Å². The standard InChI is InChI=1S/C14H24N2O7/c1-6-4-8(18)14(20)12(21-6)23-13(16-3)9(22-14)5-7(17)10(15-2)11(13)19/h6-7,9-12,15-17,19-20H,4-5H2,1-3H3/t6-,7+,9-,10-,11+,12+,13+,14+/m1/s1. The van der Waals surface area contributed by atoms with E-state index in [0.29, 0.717) is 0 Å². The number of nitrogens with one attached hydrogen (secondary N) is 2. The number of fused-ring (bicyclic) bond motifs is 2. The highest BCUT2D eigenvalue weighted by atomic mass is 16.8. The first-order valence-electron chi connectivity index (χ1n) is 7.77. The Hall–Kier alpha value is -0.650. The van der Waals surface area contributed by atoms with E-state index in [1.54, 1.807) is 21.0 Å². The van der Waals surface area contributed by atoms with Crippen LogP contribution in [0.5, 0.6) is 0 Å². The molecule has 0 aromatic carbocycles. The molecule has 2 heterocycles. The molecule has 23 heavy (non-hydrogen) atoms. The second-order valence-electron chi connectivity index (χ2n) is 6.43. The second kappa shape index (κ2) is 5.71. The number of Topliss-reactive ketones (excluding diaryl/α,β-unsaturated/α-hetero) is 1. The Labute approximate surface area is 133 Å². The fraction of sp³-hybridized carbons (Fsp3) is 0.929. The predicted octanol–water partition coefficient (Wildman–Crippen LogP) is -2.58. The lowest BCUT2D eigenvalue weighted by Crippen LogP contribution is -2.81. The minimum absolute atomic E-state index is 0.000118. The van der Waals surface area contributed by atoms with Crippen LogP contribution in [-0.2, 0) is 19.0 Å². The maximum absolute atomic E-state index is 12.2. The summed E-state index contributed by atoms with van der Waals surface area (Å²) < 4.78 is 17.0. The summed E-state index contributed by atoms with van der Waals surface area (Å²) in [5.41, 5.74) is -1.42. The van der Waals surface area contributed by atoms with Crippen molar-refractivity contribution in [1.29, 1.82) is 0 Å². The Morgan fingerprint density at radius 2 is 1.96 bits per heavy atom. The van der Waals surface area contributed by atoms with E-state index in [9.17, 15) is 20.1 Å². The van der Waals surface area contributed by atoms with E-state index < -0.39 is 54.0 Å². The van der Waals surface area contributed by atoms with Crippen molar-refractivity contribution in [3.63, 3.8) is 0 Å². The highest BCUT2D eigenvalue weighted by molar-refractivity contribution is 5.87. The third kappa shape index (κ3) is 2.35. The van der Waals surface area contributed by atoms with Crippen molar-refractivity contribution in [2.45, 2.75) is 68.0 Å². The summed E-state index contributed by atoms with van der Waals surface area (Å²) in [6.07, 6.45) is -4.76. The topological polar surface area (TPSA) is 130 Å². The molecule has 1 aliphatic carbocycles. The normalized spacial score (nSPS) is 53.6. The zero-order chi connectivity index (χ0) is 17.0. The summed E-state index contributed by atoms with van der Waals surface area (Å²) in [6.45, 7) is 1.69. The first-order chi connectivity index (χ1) is 10.8. The highest BCUT2D eigenvalue weighted by Gasteiger charge is 2.67. The third-order valence-corrected chi connectivity index (χ3v) is 5.02. The molecule has 3 aliphatic rings. The maximum Gasteiger partial charge on any atom is 0.280 e. The number of hydrogen-bond acceptors (Lipinski definition) is 9. The van der Waals surface area contributed by atoms with Gasteiger partial charge in [-0.3, -0.25) is 10.1 Å². The van der Waals surface area contributed by atoms with Crippen molar-refractivity contribution < 1.29 is 34.3 Å². The van der Waals surface area contributed by atoms with Crippen LogP contribution in [0.1, 0.15) is 19.8 Å². The molecule has 5 N–H and O–H groups in total. The number of ketones is 1. The summed E-state index contributed by atoms with van der Waals surface area (Å²) in [5, 5.41) is 37.2. The third-order valence-electron chi connectivity index (χ3n) is 5.02. The molecule has 0 aromatic heterocycles. The zero-order valence-electron chi connectivity index (χ0n) is 13.4. The fourth-order valence-corrected chi connectivity index (χ4v) is 3.72. The number of ether oxygens (including phenoxy) is 3. The van der Waals surface area contributed by atoms with Crippen LogP contribution in [0.25, 0.3) is 0 Å². The van der Waals surface area contributed by atoms with E-state index >= 15 is 0 Å². The van der Waals surface area contributed by atoms with Gasteiger partial charge in [-0.25, -0.2) is 0 Å². The monoisotopic (exact) mass is 332 g/mol.